The van der Waals surface area contributed by atoms with Gasteiger partial charge in [-0.1, -0.05) is 30.4 Å². The van der Waals surface area contributed by atoms with Crippen molar-refractivity contribution in [3.8, 4) is 0 Å². The molecule has 2 aromatic heterocycles. The third-order valence-electron chi connectivity index (χ3n) is 6.45. The summed E-state index contributed by atoms with van der Waals surface area (Å²) in [6.45, 7) is 9.04. The first-order chi connectivity index (χ1) is 13.8. The largest absolute Gasteiger partial charge is 0.369 e. The molecule has 5 heteroatoms. The molecule has 148 valence electrons. The number of fused-ring (bicyclic) bond motifs is 4. The molecule has 0 saturated heterocycles. The molecular weight excluding hydrogens is 378 g/mol. The first kappa shape index (κ1) is 18.4. The lowest BCUT2D eigenvalue weighted by Gasteiger charge is -2.45. The summed E-state index contributed by atoms with van der Waals surface area (Å²) >= 11 is 1.47. The zero-order valence-corrected chi connectivity index (χ0v) is 18.3. The minimum atomic E-state index is 0.0159. The Morgan fingerprint density at radius 3 is 2.79 bits per heavy atom. The molecule has 1 unspecified atom stereocenters. The number of hydrogen-bond donors (Lipinski definition) is 0. The standard InChI is InChI=1S/C24H25N3OS/c1-14-10-20-17(15(2)13-24(3,4)26(20)5)11-16(14)12-21-22(28)27-19-9-7-6-8-18(19)25-23(27)29-21/h6-12,15H,13H2,1-5H3/b21-12-. The topological polar surface area (TPSA) is 37.6 Å². The Morgan fingerprint density at radius 1 is 1.24 bits per heavy atom. The van der Waals surface area contributed by atoms with E-state index in [4.69, 9.17) is 0 Å². The van der Waals surface area contributed by atoms with E-state index in [0.717, 1.165) is 32.5 Å². The maximum Gasteiger partial charge on any atom is 0.274 e. The summed E-state index contributed by atoms with van der Waals surface area (Å²) in [5.74, 6) is 0.486. The number of aryl methyl sites for hydroxylation is 1. The number of benzene rings is 2. The summed E-state index contributed by atoms with van der Waals surface area (Å²) in [5.41, 5.74) is 6.88. The molecule has 0 radical (unpaired) electrons. The minimum absolute atomic E-state index is 0.0159. The van der Waals surface area contributed by atoms with E-state index in [1.165, 1.54) is 28.2 Å². The zero-order chi connectivity index (χ0) is 20.5. The quantitative estimate of drug-likeness (QED) is 0.470. The zero-order valence-electron chi connectivity index (χ0n) is 17.5. The van der Waals surface area contributed by atoms with Crippen LogP contribution in [-0.4, -0.2) is 22.0 Å². The smallest absolute Gasteiger partial charge is 0.274 e. The van der Waals surface area contributed by atoms with Gasteiger partial charge in [0.1, 0.15) is 0 Å². The summed E-state index contributed by atoms with van der Waals surface area (Å²) in [6.07, 6.45) is 3.16. The molecular formula is C24H25N3OS. The molecule has 3 heterocycles. The Kier molecular flexibility index (Phi) is 3.91. The number of nitrogens with zero attached hydrogens (tertiary/aromatic N) is 3. The molecule has 1 aliphatic rings. The molecule has 0 N–H and O–H groups in total. The van der Waals surface area contributed by atoms with Gasteiger partial charge in [0, 0.05) is 18.3 Å². The second-order valence-corrected chi connectivity index (χ2v) is 9.89. The van der Waals surface area contributed by atoms with Crippen LogP contribution in [0.3, 0.4) is 0 Å². The average molecular weight is 404 g/mol. The third-order valence-corrected chi connectivity index (χ3v) is 7.42. The lowest BCUT2D eigenvalue weighted by molar-refractivity contribution is 0.395. The number of imidazole rings is 1. The predicted octanol–water partition coefficient (Wildman–Crippen LogP) is 4.49. The second-order valence-electron chi connectivity index (χ2n) is 8.88. The van der Waals surface area contributed by atoms with Crippen LogP contribution in [0.1, 0.15) is 49.8 Å². The highest BCUT2D eigenvalue weighted by Gasteiger charge is 2.34. The van der Waals surface area contributed by atoms with E-state index in [9.17, 15) is 4.79 Å². The fourth-order valence-electron chi connectivity index (χ4n) is 4.64. The number of para-hydroxylation sites is 2. The molecule has 4 aromatic rings. The molecule has 2 aromatic carbocycles. The van der Waals surface area contributed by atoms with E-state index in [1.54, 1.807) is 4.40 Å². The van der Waals surface area contributed by atoms with Crippen molar-refractivity contribution in [1.82, 2.24) is 9.38 Å². The van der Waals surface area contributed by atoms with Gasteiger partial charge in [-0.15, -0.1) is 0 Å². The molecule has 0 saturated carbocycles. The van der Waals surface area contributed by atoms with Crippen LogP contribution in [-0.2, 0) is 0 Å². The summed E-state index contributed by atoms with van der Waals surface area (Å²) in [6, 6.07) is 12.4. The Labute approximate surface area is 174 Å². The van der Waals surface area contributed by atoms with Crippen LogP contribution in [0.2, 0.25) is 0 Å². The van der Waals surface area contributed by atoms with Crippen LogP contribution in [0.15, 0.2) is 41.2 Å². The summed E-state index contributed by atoms with van der Waals surface area (Å²) in [4.78, 5) is 20.9. The number of rotatable bonds is 1. The van der Waals surface area contributed by atoms with Crippen LogP contribution in [0.25, 0.3) is 22.1 Å². The van der Waals surface area contributed by atoms with Crippen molar-refractivity contribution < 1.29 is 0 Å². The molecule has 0 amide bonds. The van der Waals surface area contributed by atoms with Gasteiger partial charge in [-0.25, -0.2) is 9.38 Å². The number of anilines is 1. The Hall–Kier alpha value is -2.66. The molecule has 0 bridgehead atoms. The van der Waals surface area contributed by atoms with Gasteiger partial charge in [-0.3, -0.25) is 4.79 Å². The van der Waals surface area contributed by atoms with Crippen LogP contribution in [0.4, 0.5) is 5.69 Å². The Balaban J connectivity index is 1.70. The van der Waals surface area contributed by atoms with Crippen LogP contribution in [0, 0.1) is 6.92 Å². The highest BCUT2D eigenvalue weighted by Crippen LogP contribution is 2.43. The van der Waals surface area contributed by atoms with E-state index in [1.807, 2.05) is 30.3 Å². The number of aromatic nitrogens is 2. The molecule has 29 heavy (non-hydrogen) atoms. The first-order valence-electron chi connectivity index (χ1n) is 10.1. The van der Waals surface area contributed by atoms with Crippen molar-refractivity contribution in [2.45, 2.75) is 45.6 Å². The fourth-order valence-corrected chi connectivity index (χ4v) is 5.62. The van der Waals surface area contributed by atoms with Crippen molar-refractivity contribution >= 4 is 39.1 Å². The van der Waals surface area contributed by atoms with Gasteiger partial charge in [-0.05, 0) is 80.1 Å². The number of hydrogen-bond acceptors (Lipinski definition) is 4. The van der Waals surface area contributed by atoms with E-state index >= 15 is 0 Å². The van der Waals surface area contributed by atoms with Gasteiger partial charge in [0.15, 0.2) is 4.96 Å². The van der Waals surface area contributed by atoms with Gasteiger partial charge in [0.25, 0.3) is 5.56 Å². The highest BCUT2D eigenvalue weighted by molar-refractivity contribution is 7.15. The van der Waals surface area contributed by atoms with Gasteiger partial charge in [-0.2, -0.15) is 0 Å². The third kappa shape index (κ3) is 2.71. The van der Waals surface area contributed by atoms with Gasteiger partial charge >= 0.3 is 0 Å². The Morgan fingerprint density at radius 2 is 2.00 bits per heavy atom. The van der Waals surface area contributed by atoms with E-state index in [-0.39, 0.29) is 11.1 Å². The second kappa shape index (κ2) is 6.17. The van der Waals surface area contributed by atoms with Crippen LogP contribution >= 0.6 is 11.3 Å². The fraction of sp³-hybridized carbons (Fsp3) is 0.333. The Bertz CT molecular complexity index is 1380. The summed E-state index contributed by atoms with van der Waals surface area (Å²) in [5, 5.41) is 0. The highest BCUT2D eigenvalue weighted by atomic mass is 32.1. The first-order valence-corrected chi connectivity index (χ1v) is 10.9. The maximum atomic E-state index is 13.1. The van der Waals surface area contributed by atoms with E-state index < -0.39 is 0 Å². The molecule has 1 atom stereocenters. The summed E-state index contributed by atoms with van der Waals surface area (Å²) in [7, 11) is 2.18. The lowest BCUT2D eigenvalue weighted by atomic mass is 9.79. The normalized spacial score (nSPS) is 19.3. The maximum absolute atomic E-state index is 13.1. The van der Waals surface area contributed by atoms with Crippen molar-refractivity contribution in [3.05, 3.63) is 68.0 Å². The number of thiazole rings is 1. The molecule has 0 spiro atoms. The van der Waals surface area contributed by atoms with Gasteiger partial charge in [0.2, 0.25) is 0 Å². The van der Waals surface area contributed by atoms with E-state index in [0.29, 0.717) is 5.92 Å². The molecule has 0 fully saturated rings. The SMILES string of the molecule is Cc1cc2c(cc1/C=c1\sc3nc4ccccc4n3c1=O)C(C)CC(C)(C)N2C. The molecule has 0 aliphatic carbocycles. The van der Waals surface area contributed by atoms with Crippen LogP contribution < -0.4 is 15.0 Å². The van der Waals surface area contributed by atoms with Crippen molar-refractivity contribution in [2.24, 2.45) is 0 Å². The lowest BCUT2D eigenvalue weighted by Crippen LogP contribution is -2.45. The molecule has 1 aliphatic heterocycles. The van der Waals surface area contributed by atoms with Crippen molar-refractivity contribution in [1.29, 1.82) is 0 Å². The van der Waals surface area contributed by atoms with Gasteiger partial charge < -0.3 is 4.90 Å². The minimum Gasteiger partial charge on any atom is -0.369 e. The molecule has 5 rings (SSSR count). The van der Waals surface area contributed by atoms with Crippen molar-refractivity contribution in [2.75, 3.05) is 11.9 Å². The monoisotopic (exact) mass is 403 g/mol. The van der Waals surface area contributed by atoms with Gasteiger partial charge in [0.05, 0.1) is 15.6 Å². The van der Waals surface area contributed by atoms with Crippen LogP contribution in [0.5, 0.6) is 0 Å². The van der Waals surface area contributed by atoms with E-state index in [2.05, 4.69) is 56.8 Å². The average Bonchev–Trinajstić information content (AvgIpc) is 3.17. The summed E-state index contributed by atoms with van der Waals surface area (Å²) < 4.78 is 2.47. The molecule has 4 nitrogen and oxygen atoms in total. The van der Waals surface area contributed by atoms with Crippen molar-refractivity contribution in [3.63, 3.8) is 0 Å². The predicted molar refractivity (Wildman–Crippen MR) is 122 cm³/mol.